The van der Waals surface area contributed by atoms with E-state index in [9.17, 15) is 18.0 Å². The molecule has 1 amide bonds. The molecule has 24 heavy (non-hydrogen) atoms. The number of halogens is 3. The summed E-state index contributed by atoms with van der Waals surface area (Å²) in [6.07, 6.45) is -1.58. The van der Waals surface area contributed by atoms with Gasteiger partial charge in [0.25, 0.3) is 5.91 Å². The number of amides is 1. The van der Waals surface area contributed by atoms with Gasteiger partial charge in [0.2, 0.25) is 0 Å². The number of alkyl halides is 3. The SMILES string of the molecule is Cc1ccc(CCN(CC(F)(F)F)C(=O)c2cnc(C)cn2)cc1. The molecule has 4 nitrogen and oxygen atoms in total. The highest BCUT2D eigenvalue weighted by atomic mass is 19.4. The maximum atomic E-state index is 12.8. The number of hydrogen-bond donors (Lipinski definition) is 0. The first kappa shape index (κ1) is 17.9. The van der Waals surface area contributed by atoms with Crippen molar-refractivity contribution in [1.82, 2.24) is 14.9 Å². The van der Waals surface area contributed by atoms with Crippen LogP contribution in [0.2, 0.25) is 0 Å². The highest BCUT2D eigenvalue weighted by Gasteiger charge is 2.33. The van der Waals surface area contributed by atoms with Gasteiger partial charge in [-0.1, -0.05) is 29.8 Å². The number of aromatic nitrogens is 2. The van der Waals surface area contributed by atoms with Crippen molar-refractivity contribution in [3.63, 3.8) is 0 Å². The first-order valence-electron chi connectivity index (χ1n) is 7.45. The van der Waals surface area contributed by atoms with Crippen LogP contribution in [0.3, 0.4) is 0 Å². The lowest BCUT2D eigenvalue weighted by atomic mass is 10.1. The van der Waals surface area contributed by atoms with Crippen molar-refractivity contribution in [3.05, 3.63) is 59.2 Å². The molecule has 0 spiro atoms. The van der Waals surface area contributed by atoms with Crippen molar-refractivity contribution in [3.8, 4) is 0 Å². The van der Waals surface area contributed by atoms with Gasteiger partial charge in [0.1, 0.15) is 12.2 Å². The maximum absolute atomic E-state index is 12.8. The van der Waals surface area contributed by atoms with Crippen LogP contribution >= 0.6 is 0 Å². The molecule has 0 unspecified atom stereocenters. The maximum Gasteiger partial charge on any atom is 0.406 e. The average Bonchev–Trinajstić information content (AvgIpc) is 2.52. The number of rotatable bonds is 5. The number of carbonyl (C=O) groups excluding carboxylic acids is 1. The van der Waals surface area contributed by atoms with Gasteiger partial charge >= 0.3 is 6.18 Å². The van der Waals surface area contributed by atoms with Gasteiger partial charge in [-0.05, 0) is 25.8 Å². The van der Waals surface area contributed by atoms with E-state index in [1.807, 2.05) is 31.2 Å². The lowest BCUT2D eigenvalue weighted by molar-refractivity contribution is -0.140. The van der Waals surface area contributed by atoms with Crippen LogP contribution in [0.15, 0.2) is 36.7 Å². The van der Waals surface area contributed by atoms with Crippen molar-refractivity contribution >= 4 is 5.91 Å². The molecule has 2 rings (SSSR count). The molecule has 1 aromatic heterocycles. The molecule has 0 N–H and O–H groups in total. The third kappa shape index (κ3) is 5.33. The van der Waals surface area contributed by atoms with Crippen LogP contribution < -0.4 is 0 Å². The van der Waals surface area contributed by atoms with Crippen LogP contribution in [0, 0.1) is 13.8 Å². The van der Waals surface area contributed by atoms with Gasteiger partial charge in [0.05, 0.1) is 11.9 Å². The zero-order valence-electron chi connectivity index (χ0n) is 13.5. The van der Waals surface area contributed by atoms with Gasteiger partial charge in [-0.25, -0.2) is 4.98 Å². The van der Waals surface area contributed by atoms with Crippen LogP contribution in [0.4, 0.5) is 13.2 Å². The molecule has 0 aliphatic rings. The fourth-order valence-corrected chi connectivity index (χ4v) is 2.15. The van der Waals surface area contributed by atoms with Crippen molar-refractivity contribution in [1.29, 1.82) is 0 Å². The Bertz CT molecular complexity index is 682. The number of carbonyl (C=O) groups is 1. The molecule has 0 saturated carbocycles. The number of aryl methyl sites for hydroxylation is 2. The zero-order chi connectivity index (χ0) is 17.7. The van der Waals surface area contributed by atoms with E-state index in [1.54, 1.807) is 6.92 Å². The van der Waals surface area contributed by atoms with Gasteiger partial charge in [0, 0.05) is 12.7 Å². The van der Waals surface area contributed by atoms with Crippen LogP contribution in [0.1, 0.15) is 27.3 Å². The van der Waals surface area contributed by atoms with Crippen LogP contribution in [0.25, 0.3) is 0 Å². The minimum Gasteiger partial charge on any atom is -0.328 e. The monoisotopic (exact) mass is 337 g/mol. The fraction of sp³-hybridized carbons (Fsp3) is 0.353. The van der Waals surface area contributed by atoms with Gasteiger partial charge < -0.3 is 4.90 Å². The third-order valence-electron chi connectivity index (χ3n) is 3.45. The van der Waals surface area contributed by atoms with E-state index in [2.05, 4.69) is 9.97 Å². The molecule has 1 aromatic carbocycles. The quantitative estimate of drug-likeness (QED) is 0.841. The van der Waals surface area contributed by atoms with Gasteiger partial charge in [0.15, 0.2) is 0 Å². The molecule has 0 saturated heterocycles. The number of nitrogens with zero attached hydrogens (tertiary/aromatic N) is 3. The highest BCUT2D eigenvalue weighted by molar-refractivity contribution is 5.92. The summed E-state index contributed by atoms with van der Waals surface area (Å²) in [5, 5.41) is 0. The molecule has 128 valence electrons. The summed E-state index contributed by atoms with van der Waals surface area (Å²) < 4.78 is 38.4. The summed E-state index contributed by atoms with van der Waals surface area (Å²) in [4.78, 5) is 20.9. The Labute approximate surface area is 138 Å². The number of hydrogen-bond acceptors (Lipinski definition) is 3. The predicted octanol–water partition coefficient (Wildman–Crippen LogP) is 3.34. The van der Waals surface area contributed by atoms with E-state index in [0.717, 1.165) is 16.0 Å². The summed E-state index contributed by atoms with van der Waals surface area (Å²) >= 11 is 0. The van der Waals surface area contributed by atoms with Crippen molar-refractivity contribution in [2.45, 2.75) is 26.4 Å². The van der Waals surface area contributed by atoms with Gasteiger partial charge in [-0.3, -0.25) is 9.78 Å². The summed E-state index contributed by atoms with van der Waals surface area (Å²) in [5.41, 5.74) is 2.44. The van der Waals surface area contributed by atoms with Crippen molar-refractivity contribution < 1.29 is 18.0 Å². The normalized spacial score (nSPS) is 11.4. The first-order valence-corrected chi connectivity index (χ1v) is 7.45. The van der Waals surface area contributed by atoms with E-state index in [-0.39, 0.29) is 12.2 Å². The zero-order valence-corrected chi connectivity index (χ0v) is 13.5. The molecule has 2 aromatic rings. The largest absolute Gasteiger partial charge is 0.406 e. The third-order valence-corrected chi connectivity index (χ3v) is 3.45. The standard InChI is InChI=1S/C17H18F3N3O/c1-12-3-5-14(6-4-12)7-8-23(11-17(18,19)20)16(24)15-10-21-13(2)9-22-15/h3-6,9-10H,7-8,11H2,1-2H3. The van der Waals surface area contributed by atoms with E-state index in [0.29, 0.717) is 12.1 Å². The van der Waals surface area contributed by atoms with Gasteiger partial charge in [-0.2, -0.15) is 13.2 Å². The molecule has 0 fully saturated rings. The average molecular weight is 337 g/mol. The van der Waals surface area contributed by atoms with E-state index >= 15 is 0 Å². The van der Waals surface area contributed by atoms with E-state index < -0.39 is 18.6 Å². The van der Waals surface area contributed by atoms with E-state index in [4.69, 9.17) is 0 Å². The topological polar surface area (TPSA) is 46.1 Å². The molecule has 0 aliphatic carbocycles. The second-order valence-corrected chi connectivity index (χ2v) is 5.62. The summed E-state index contributed by atoms with van der Waals surface area (Å²) in [6, 6.07) is 7.46. The predicted molar refractivity (Wildman–Crippen MR) is 83.6 cm³/mol. The lowest BCUT2D eigenvalue weighted by Crippen LogP contribution is -2.40. The Morgan fingerprint density at radius 1 is 1.08 bits per heavy atom. The van der Waals surface area contributed by atoms with Crippen LogP contribution in [-0.4, -0.2) is 40.0 Å². The summed E-state index contributed by atoms with van der Waals surface area (Å²) in [6.45, 7) is 2.26. The second-order valence-electron chi connectivity index (χ2n) is 5.62. The summed E-state index contributed by atoms with van der Waals surface area (Å²) in [7, 11) is 0. The van der Waals surface area contributed by atoms with Crippen molar-refractivity contribution in [2.24, 2.45) is 0 Å². The van der Waals surface area contributed by atoms with Gasteiger partial charge in [-0.15, -0.1) is 0 Å². The Morgan fingerprint density at radius 3 is 2.29 bits per heavy atom. The second kappa shape index (κ2) is 7.42. The highest BCUT2D eigenvalue weighted by Crippen LogP contribution is 2.18. The molecule has 0 aliphatic heterocycles. The first-order chi connectivity index (χ1) is 11.2. The van der Waals surface area contributed by atoms with Crippen LogP contribution in [-0.2, 0) is 6.42 Å². The molecule has 1 heterocycles. The fourth-order valence-electron chi connectivity index (χ4n) is 2.15. The Hall–Kier alpha value is -2.44. The van der Waals surface area contributed by atoms with Crippen molar-refractivity contribution in [2.75, 3.05) is 13.1 Å². The minimum absolute atomic E-state index is 0.0447. The summed E-state index contributed by atoms with van der Waals surface area (Å²) in [5.74, 6) is -0.771. The molecular weight excluding hydrogens is 319 g/mol. The number of benzene rings is 1. The molecule has 7 heteroatoms. The Morgan fingerprint density at radius 2 is 1.75 bits per heavy atom. The molecule has 0 radical (unpaired) electrons. The minimum atomic E-state index is -4.47. The smallest absolute Gasteiger partial charge is 0.328 e. The lowest BCUT2D eigenvalue weighted by Gasteiger charge is -2.23. The molecule has 0 bridgehead atoms. The Kier molecular flexibility index (Phi) is 5.54. The van der Waals surface area contributed by atoms with E-state index in [1.165, 1.54) is 12.4 Å². The molecule has 0 atom stereocenters. The Balaban J connectivity index is 2.13. The molecular formula is C17H18F3N3O. The van der Waals surface area contributed by atoms with Crippen LogP contribution in [0.5, 0.6) is 0 Å².